The molecule has 6 heteroatoms. The number of hydrogen-bond donors (Lipinski definition) is 3. The lowest BCUT2D eigenvalue weighted by molar-refractivity contribution is -0.136. The number of hydrogen-bond acceptors (Lipinski definition) is 4. The molecule has 0 aromatic heterocycles. The molecule has 0 unspecified atom stereocenters. The van der Waals surface area contributed by atoms with E-state index >= 15 is 0 Å². The largest absolute Gasteiger partial charge is 0.506 e. The summed E-state index contributed by atoms with van der Waals surface area (Å²) in [6.45, 7) is 5.56. The fourth-order valence-corrected chi connectivity index (χ4v) is 1.73. The van der Waals surface area contributed by atoms with Gasteiger partial charge in [-0.2, -0.15) is 0 Å². The van der Waals surface area contributed by atoms with Crippen LogP contribution in [0.5, 0.6) is 5.75 Å². The Morgan fingerprint density at radius 2 is 1.91 bits per heavy atom. The summed E-state index contributed by atoms with van der Waals surface area (Å²) >= 11 is 0. The Bertz CT molecular complexity index is 503. The van der Waals surface area contributed by atoms with E-state index in [0.29, 0.717) is 19.6 Å². The van der Waals surface area contributed by atoms with Crippen LogP contribution in [-0.2, 0) is 14.3 Å². The van der Waals surface area contributed by atoms with Crippen LogP contribution in [0, 0.1) is 6.92 Å². The highest BCUT2D eigenvalue weighted by molar-refractivity contribution is 6.39. The van der Waals surface area contributed by atoms with Gasteiger partial charge in [0.1, 0.15) is 5.75 Å². The first-order valence-corrected chi connectivity index (χ1v) is 7.51. The first-order valence-electron chi connectivity index (χ1n) is 7.51. The van der Waals surface area contributed by atoms with Crippen LogP contribution >= 0.6 is 0 Å². The number of rotatable bonds is 8. The molecule has 0 bridgehead atoms. The highest BCUT2D eigenvalue weighted by atomic mass is 16.5. The summed E-state index contributed by atoms with van der Waals surface area (Å²) in [4.78, 5) is 23.3. The summed E-state index contributed by atoms with van der Waals surface area (Å²) in [7, 11) is 0. The van der Waals surface area contributed by atoms with E-state index < -0.39 is 11.8 Å². The number of aromatic hydroxyl groups is 1. The van der Waals surface area contributed by atoms with Gasteiger partial charge in [-0.25, -0.2) is 0 Å². The average Bonchev–Trinajstić information content (AvgIpc) is 2.48. The minimum absolute atomic E-state index is 0.0644. The number of carbonyl (C=O) groups excluding carboxylic acids is 2. The van der Waals surface area contributed by atoms with Crippen LogP contribution in [0.1, 0.15) is 31.7 Å². The maximum Gasteiger partial charge on any atom is 0.313 e. The van der Waals surface area contributed by atoms with Gasteiger partial charge in [0, 0.05) is 19.8 Å². The second-order valence-electron chi connectivity index (χ2n) is 5.05. The van der Waals surface area contributed by atoms with Crippen molar-refractivity contribution < 1.29 is 19.4 Å². The molecule has 0 fully saturated rings. The quantitative estimate of drug-likeness (QED) is 0.389. The van der Waals surface area contributed by atoms with Crippen molar-refractivity contribution in [2.45, 2.75) is 33.1 Å². The molecule has 0 heterocycles. The summed E-state index contributed by atoms with van der Waals surface area (Å²) < 4.78 is 5.35. The Morgan fingerprint density at radius 3 is 2.59 bits per heavy atom. The Hall–Kier alpha value is -2.08. The zero-order chi connectivity index (χ0) is 16.4. The van der Waals surface area contributed by atoms with Crippen LogP contribution < -0.4 is 10.6 Å². The van der Waals surface area contributed by atoms with Crippen molar-refractivity contribution >= 4 is 17.5 Å². The van der Waals surface area contributed by atoms with Crippen molar-refractivity contribution in [1.29, 1.82) is 0 Å². The van der Waals surface area contributed by atoms with E-state index in [-0.39, 0.29) is 11.4 Å². The summed E-state index contributed by atoms with van der Waals surface area (Å²) in [5.74, 6) is -1.59. The Kier molecular flexibility index (Phi) is 7.99. The molecule has 22 heavy (non-hydrogen) atoms. The van der Waals surface area contributed by atoms with Gasteiger partial charge in [0.15, 0.2) is 0 Å². The van der Waals surface area contributed by atoms with E-state index in [1.54, 1.807) is 12.1 Å². The van der Waals surface area contributed by atoms with Crippen LogP contribution in [0.25, 0.3) is 0 Å². The van der Waals surface area contributed by atoms with Crippen LogP contribution in [-0.4, -0.2) is 36.7 Å². The second kappa shape index (κ2) is 9.78. The monoisotopic (exact) mass is 308 g/mol. The zero-order valence-corrected chi connectivity index (χ0v) is 13.1. The lowest BCUT2D eigenvalue weighted by Crippen LogP contribution is -2.36. The Balaban J connectivity index is 2.26. The molecule has 0 aliphatic heterocycles. The molecule has 0 spiro atoms. The number of amides is 2. The fourth-order valence-electron chi connectivity index (χ4n) is 1.73. The molecule has 3 N–H and O–H groups in total. The molecule has 122 valence electrons. The minimum atomic E-state index is -0.800. The number of benzene rings is 1. The maximum absolute atomic E-state index is 11.7. The molecular weight excluding hydrogens is 284 g/mol. The molecule has 0 aliphatic rings. The molecule has 2 amide bonds. The highest BCUT2D eigenvalue weighted by Crippen LogP contribution is 2.23. The third-order valence-electron chi connectivity index (χ3n) is 3.00. The number of nitrogens with one attached hydrogen (secondary N) is 2. The molecule has 0 aliphatic carbocycles. The molecule has 0 saturated heterocycles. The summed E-state index contributed by atoms with van der Waals surface area (Å²) in [6, 6.07) is 4.81. The molecule has 0 saturated carbocycles. The minimum Gasteiger partial charge on any atom is -0.506 e. The van der Waals surface area contributed by atoms with Gasteiger partial charge in [-0.05, 0) is 37.5 Å². The van der Waals surface area contributed by atoms with Gasteiger partial charge in [0.2, 0.25) is 0 Å². The van der Waals surface area contributed by atoms with Crippen LogP contribution in [0.3, 0.4) is 0 Å². The number of carbonyl (C=O) groups is 2. The summed E-state index contributed by atoms with van der Waals surface area (Å²) in [6.07, 6.45) is 2.76. The second-order valence-corrected chi connectivity index (χ2v) is 5.05. The molecule has 1 rings (SSSR count). The van der Waals surface area contributed by atoms with Crippen molar-refractivity contribution in [3.8, 4) is 5.75 Å². The standard InChI is InChI=1S/C16H24N2O4/c1-3-4-9-22-10-5-8-17-15(20)16(21)18-13-7-6-12(2)11-14(13)19/h6-7,11,19H,3-5,8-10H2,1-2H3,(H,17,20)(H,18,21). The third-order valence-corrected chi connectivity index (χ3v) is 3.00. The number of phenolic OH excluding ortho intramolecular Hbond substituents is 1. The maximum atomic E-state index is 11.7. The van der Waals surface area contributed by atoms with E-state index in [1.807, 2.05) is 6.92 Å². The van der Waals surface area contributed by atoms with E-state index in [4.69, 9.17) is 4.74 Å². The number of phenols is 1. The average molecular weight is 308 g/mol. The van der Waals surface area contributed by atoms with Crippen molar-refractivity contribution in [2.75, 3.05) is 25.1 Å². The van der Waals surface area contributed by atoms with Gasteiger partial charge < -0.3 is 20.5 Å². The van der Waals surface area contributed by atoms with Gasteiger partial charge in [-0.15, -0.1) is 0 Å². The van der Waals surface area contributed by atoms with E-state index in [2.05, 4.69) is 17.6 Å². The van der Waals surface area contributed by atoms with Crippen LogP contribution in [0.4, 0.5) is 5.69 Å². The number of aryl methyl sites for hydroxylation is 1. The summed E-state index contributed by atoms with van der Waals surface area (Å²) in [5.41, 5.74) is 1.08. The topological polar surface area (TPSA) is 87.7 Å². The first kappa shape index (κ1) is 18.0. The van der Waals surface area contributed by atoms with Crippen molar-refractivity contribution in [2.24, 2.45) is 0 Å². The van der Waals surface area contributed by atoms with Gasteiger partial charge in [-0.1, -0.05) is 19.4 Å². The molecule has 0 radical (unpaired) electrons. The molecule has 1 aromatic rings. The fraction of sp³-hybridized carbons (Fsp3) is 0.500. The van der Waals surface area contributed by atoms with E-state index in [0.717, 1.165) is 25.0 Å². The predicted octanol–water partition coefficient (Wildman–Crippen LogP) is 1.96. The van der Waals surface area contributed by atoms with Crippen molar-refractivity contribution in [1.82, 2.24) is 5.32 Å². The van der Waals surface area contributed by atoms with Gasteiger partial charge in [-0.3, -0.25) is 9.59 Å². The zero-order valence-electron chi connectivity index (χ0n) is 13.1. The van der Waals surface area contributed by atoms with Gasteiger partial charge in [0.05, 0.1) is 5.69 Å². The summed E-state index contributed by atoms with van der Waals surface area (Å²) in [5, 5.41) is 14.6. The number of ether oxygens (including phenoxy) is 1. The number of anilines is 1. The van der Waals surface area contributed by atoms with Crippen molar-refractivity contribution in [3.63, 3.8) is 0 Å². The van der Waals surface area contributed by atoms with Crippen molar-refractivity contribution in [3.05, 3.63) is 23.8 Å². The normalized spacial score (nSPS) is 10.3. The van der Waals surface area contributed by atoms with E-state index in [9.17, 15) is 14.7 Å². The predicted molar refractivity (Wildman–Crippen MR) is 84.8 cm³/mol. The molecule has 1 aromatic carbocycles. The van der Waals surface area contributed by atoms with E-state index in [1.165, 1.54) is 6.07 Å². The van der Waals surface area contributed by atoms with Crippen LogP contribution in [0.2, 0.25) is 0 Å². The number of unbranched alkanes of at least 4 members (excludes halogenated alkanes) is 1. The lowest BCUT2D eigenvalue weighted by Gasteiger charge is -2.08. The Morgan fingerprint density at radius 1 is 1.18 bits per heavy atom. The Labute approximate surface area is 130 Å². The molecular formula is C16H24N2O4. The van der Waals surface area contributed by atoms with Gasteiger partial charge >= 0.3 is 11.8 Å². The third kappa shape index (κ3) is 6.58. The first-order chi connectivity index (χ1) is 10.5. The smallest absolute Gasteiger partial charge is 0.313 e. The SMILES string of the molecule is CCCCOCCCNC(=O)C(=O)Nc1ccc(C)cc1O. The van der Waals surface area contributed by atoms with Crippen LogP contribution in [0.15, 0.2) is 18.2 Å². The highest BCUT2D eigenvalue weighted by Gasteiger charge is 2.14. The van der Waals surface area contributed by atoms with Gasteiger partial charge in [0.25, 0.3) is 0 Å². The lowest BCUT2D eigenvalue weighted by atomic mass is 10.2. The molecule has 6 nitrogen and oxygen atoms in total. The molecule has 0 atom stereocenters.